The van der Waals surface area contributed by atoms with Crippen LogP contribution in [0, 0.1) is 11.3 Å². The first kappa shape index (κ1) is 18.3. The first-order valence-electron chi connectivity index (χ1n) is 10.1. The van der Waals surface area contributed by atoms with Crippen LogP contribution in [0.1, 0.15) is 26.2 Å². The Bertz CT molecular complexity index is 702. The van der Waals surface area contributed by atoms with Crippen LogP contribution in [0.3, 0.4) is 0 Å². The molecule has 27 heavy (non-hydrogen) atoms. The minimum Gasteiger partial charge on any atom is -0.481 e. The average molecular weight is 371 g/mol. The van der Waals surface area contributed by atoms with Crippen LogP contribution in [-0.4, -0.2) is 72.1 Å². The van der Waals surface area contributed by atoms with Gasteiger partial charge in [-0.15, -0.1) is 0 Å². The molecule has 2 heterocycles. The zero-order valence-electron chi connectivity index (χ0n) is 16.0. The Hall–Kier alpha value is -2.08. The molecule has 0 aromatic heterocycles. The number of hydrogen-bond donors (Lipinski definition) is 1. The number of carbonyl (C=O) groups is 2. The van der Waals surface area contributed by atoms with Crippen LogP contribution in [0.5, 0.6) is 0 Å². The van der Waals surface area contributed by atoms with E-state index < -0.39 is 11.4 Å². The summed E-state index contributed by atoms with van der Waals surface area (Å²) in [5.74, 6) is -0.341. The number of carboxylic acid groups (broad SMARTS) is 1. The Labute approximate surface area is 160 Å². The number of piperazine rings is 1. The summed E-state index contributed by atoms with van der Waals surface area (Å²) in [6, 6.07) is 10.1. The van der Waals surface area contributed by atoms with E-state index in [2.05, 4.69) is 21.9 Å². The first-order chi connectivity index (χ1) is 13.0. The third kappa shape index (κ3) is 3.20. The fourth-order valence-corrected chi connectivity index (χ4v) is 5.22. The maximum atomic E-state index is 13.0. The summed E-state index contributed by atoms with van der Waals surface area (Å²) >= 11 is 0. The van der Waals surface area contributed by atoms with Crippen molar-refractivity contribution in [1.29, 1.82) is 0 Å². The smallest absolute Gasteiger partial charge is 0.311 e. The molecule has 3 atom stereocenters. The lowest BCUT2D eigenvalue weighted by Gasteiger charge is -2.38. The second kappa shape index (κ2) is 7.15. The highest BCUT2D eigenvalue weighted by Crippen LogP contribution is 2.49. The third-order valence-corrected chi connectivity index (χ3v) is 6.94. The van der Waals surface area contributed by atoms with Gasteiger partial charge in [-0.3, -0.25) is 14.5 Å². The summed E-state index contributed by atoms with van der Waals surface area (Å²) in [7, 11) is 0. The van der Waals surface area contributed by atoms with Crippen molar-refractivity contribution in [3.8, 4) is 0 Å². The number of carboxylic acids is 1. The molecule has 146 valence electrons. The Balaban J connectivity index is 1.36. The number of amides is 1. The van der Waals surface area contributed by atoms with E-state index in [1.165, 1.54) is 5.69 Å². The van der Waals surface area contributed by atoms with E-state index in [-0.39, 0.29) is 17.9 Å². The monoisotopic (exact) mass is 371 g/mol. The van der Waals surface area contributed by atoms with Gasteiger partial charge in [0.1, 0.15) is 0 Å². The molecule has 1 aromatic carbocycles. The molecule has 4 rings (SSSR count). The fraction of sp³-hybridized carbons (Fsp3) is 0.619. The number of likely N-dealkylation sites (tertiary alicyclic amines) is 1. The second-order valence-electron chi connectivity index (χ2n) is 8.30. The highest BCUT2D eigenvalue weighted by Gasteiger charge is 2.56. The normalized spacial score (nSPS) is 29.6. The molecule has 2 aliphatic heterocycles. The minimum atomic E-state index is -0.677. The van der Waals surface area contributed by atoms with Crippen LogP contribution in [0.25, 0.3) is 0 Å². The van der Waals surface area contributed by atoms with E-state index in [0.717, 1.165) is 52.0 Å². The van der Waals surface area contributed by atoms with Crippen molar-refractivity contribution in [3.05, 3.63) is 30.3 Å². The Morgan fingerprint density at radius 2 is 1.85 bits per heavy atom. The molecule has 1 amide bonds. The van der Waals surface area contributed by atoms with Crippen molar-refractivity contribution in [3.63, 3.8) is 0 Å². The van der Waals surface area contributed by atoms with Gasteiger partial charge >= 0.3 is 5.97 Å². The lowest BCUT2D eigenvalue weighted by molar-refractivity contribution is -0.150. The second-order valence-corrected chi connectivity index (χ2v) is 8.30. The maximum absolute atomic E-state index is 13.0. The Kier molecular flexibility index (Phi) is 4.84. The Morgan fingerprint density at radius 1 is 1.15 bits per heavy atom. The average Bonchev–Trinajstić information content (AvgIpc) is 3.26. The molecule has 0 radical (unpaired) electrons. The molecule has 1 saturated carbocycles. The van der Waals surface area contributed by atoms with Gasteiger partial charge in [0.25, 0.3) is 0 Å². The number of carbonyl (C=O) groups excluding carboxylic acids is 1. The molecule has 3 fully saturated rings. The molecule has 6 nitrogen and oxygen atoms in total. The van der Waals surface area contributed by atoms with E-state index in [1.807, 2.05) is 30.0 Å². The van der Waals surface area contributed by atoms with Gasteiger partial charge < -0.3 is 14.9 Å². The minimum absolute atomic E-state index is 0.142. The molecule has 1 N–H and O–H groups in total. The van der Waals surface area contributed by atoms with Gasteiger partial charge in [-0.1, -0.05) is 24.6 Å². The first-order valence-corrected chi connectivity index (χ1v) is 10.1. The number of fused-ring (bicyclic) bond motifs is 1. The van der Waals surface area contributed by atoms with Crippen LogP contribution in [0.4, 0.5) is 5.69 Å². The van der Waals surface area contributed by atoms with Crippen molar-refractivity contribution in [1.82, 2.24) is 9.80 Å². The molecule has 6 heteroatoms. The van der Waals surface area contributed by atoms with Crippen molar-refractivity contribution < 1.29 is 14.7 Å². The van der Waals surface area contributed by atoms with Gasteiger partial charge in [-0.05, 0) is 37.8 Å². The predicted molar refractivity (Wildman–Crippen MR) is 104 cm³/mol. The lowest BCUT2D eigenvalue weighted by atomic mass is 9.81. The third-order valence-electron chi connectivity index (χ3n) is 6.94. The number of nitrogens with zero attached hydrogens (tertiary/aromatic N) is 3. The van der Waals surface area contributed by atoms with Gasteiger partial charge in [0.15, 0.2) is 0 Å². The highest BCUT2D eigenvalue weighted by atomic mass is 16.4. The van der Waals surface area contributed by atoms with E-state index in [0.29, 0.717) is 6.54 Å². The quantitative estimate of drug-likeness (QED) is 0.876. The van der Waals surface area contributed by atoms with Gasteiger partial charge in [0, 0.05) is 45.0 Å². The van der Waals surface area contributed by atoms with E-state index in [1.54, 1.807) is 0 Å². The molecule has 0 spiro atoms. The van der Waals surface area contributed by atoms with Crippen molar-refractivity contribution in [2.75, 3.05) is 44.2 Å². The molecule has 1 aromatic rings. The number of anilines is 1. The topological polar surface area (TPSA) is 64.1 Å². The van der Waals surface area contributed by atoms with Gasteiger partial charge in [0.2, 0.25) is 5.91 Å². The molecule has 0 bridgehead atoms. The van der Waals surface area contributed by atoms with Gasteiger partial charge in [-0.25, -0.2) is 0 Å². The number of aliphatic carboxylic acids is 1. The zero-order valence-corrected chi connectivity index (χ0v) is 16.0. The number of benzene rings is 1. The maximum Gasteiger partial charge on any atom is 0.311 e. The molecule has 2 saturated heterocycles. The van der Waals surface area contributed by atoms with Crippen molar-refractivity contribution in [2.45, 2.75) is 32.2 Å². The molecular weight excluding hydrogens is 342 g/mol. The summed E-state index contributed by atoms with van der Waals surface area (Å²) < 4.78 is 0. The predicted octanol–water partition coefficient (Wildman–Crippen LogP) is 1.91. The van der Waals surface area contributed by atoms with Gasteiger partial charge in [0.05, 0.1) is 11.5 Å². The molecule has 1 aliphatic carbocycles. The molecular formula is C21H29N3O3. The zero-order chi connectivity index (χ0) is 19.0. The van der Waals surface area contributed by atoms with E-state index in [9.17, 15) is 14.7 Å². The van der Waals surface area contributed by atoms with Crippen LogP contribution < -0.4 is 4.90 Å². The van der Waals surface area contributed by atoms with Crippen LogP contribution in [-0.2, 0) is 9.59 Å². The van der Waals surface area contributed by atoms with Crippen molar-refractivity contribution in [2.24, 2.45) is 11.3 Å². The number of para-hydroxylation sites is 1. The lowest BCUT2D eigenvalue weighted by Crippen LogP contribution is -2.54. The molecule has 1 unspecified atom stereocenters. The van der Waals surface area contributed by atoms with Crippen LogP contribution in [0.15, 0.2) is 30.3 Å². The van der Waals surface area contributed by atoms with Crippen LogP contribution >= 0.6 is 0 Å². The summed E-state index contributed by atoms with van der Waals surface area (Å²) in [4.78, 5) is 31.3. The summed E-state index contributed by atoms with van der Waals surface area (Å²) in [6.07, 6.45) is 2.72. The summed E-state index contributed by atoms with van der Waals surface area (Å²) in [6.45, 7) is 6.32. The fourth-order valence-electron chi connectivity index (χ4n) is 5.22. The SMILES string of the molecule is CC(C(=O)N1CCN(c2ccccc2)CC1)N1C[C@@H]2CCC[C@@]2(C(=O)O)C1. The van der Waals surface area contributed by atoms with E-state index >= 15 is 0 Å². The van der Waals surface area contributed by atoms with E-state index in [4.69, 9.17) is 0 Å². The summed E-state index contributed by atoms with van der Waals surface area (Å²) in [5, 5.41) is 9.77. The standard InChI is InChI=1S/C21H29N3O3/c1-16(24-14-17-6-5-9-21(17,15-24)20(26)27)19(25)23-12-10-22(11-13-23)18-7-3-2-4-8-18/h2-4,7-8,16-17H,5-6,9-15H2,1H3,(H,26,27)/t16?,17-,21+/m0/s1. The number of rotatable bonds is 4. The number of hydrogen-bond acceptors (Lipinski definition) is 4. The highest BCUT2D eigenvalue weighted by molar-refractivity contribution is 5.82. The molecule has 3 aliphatic rings. The van der Waals surface area contributed by atoms with Gasteiger partial charge in [-0.2, -0.15) is 0 Å². The largest absolute Gasteiger partial charge is 0.481 e. The van der Waals surface area contributed by atoms with Crippen LogP contribution in [0.2, 0.25) is 0 Å². The van der Waals surface area contributed by atoms with Crippen molar-refractivity contribution >= 4 is 17.6 Å². The Morgan fingerprint density at radius 3 is 2.48 bits per heavy atom. The summed E-state index contributed by atoms with van der Waals surface area (Å²) in [5.41, 5.74) is 0.578.